The third-order valence-corrected chi connectivity index (χ3v) is 6.12. The number of carbonyl (C=O) groups excluding carboxylic acids is 3. The van der Waals surface area contributed by atoms with E-state index in [1.54, 1.807) is 10.7 Å². The van der Waals surface area contributed by atoms with Crippen molar-refractivity contribution in [2.45, 2.75) is 18.5 Å². The van der Waals surface area contributed by atoms with Crippen LogP contribution in [0.1, 0.15) is 42.4 Å². The number of nitrogens with one attached hydrogen (secondary N) is 2. The molecule has 2 aromatic carbocycles. The van der Waals surface area contributed by atoms with Crippen molar-refractivity contribution in [3.8, 4) is 0 Å². The minimum atomic E-state index is -5.24. The Labute approximate surface area is 227 Å². The molecule has 0 bridgehead atoms. The maximum atomic E-state index is 13.6. The Morgan fingerprint density at radius 1 is 0.878 bits per heavy atom. The van der Waals surface area contributed by atoms with E-state index in [0.717, 1.165) is 37.4 Å². The molecule has 0 aliphatic carbocycles. The second-order valence-electron chi connectivity index (χ2n) is 7.85. The van der Waals surface area contributed by atoms with Crippen LogP contribution in [0, 0.1) is 0 Å². The van der Waals surface area contributed by atoms with Crippen LogP contribution in [-0.4, -0.2) is 36.1 Å². The fraction of sp³-hybridized carbons (Fsp3) is 0.174. The molecule has 0 spiro atoms. The molecule has 0 atom stereocenters. The molecule has 0 saturated carbocycles. The quantitative estimate of drug-likeness (QED) is 0.212. The summed E-state index contributed by atoms with van der Waals surface area (Å²) in [7, 11) is 0.863. The summed E-state index contributed by atoms with van der Waals surface area (Å²) in [6, 6.07) is 5.62. The lowest BCUT2D eigenvalue weighted by Crippen LogP contribution is -2.41. The van der Waals surface area contributed by atoms with Gasteiger partial charge in [0.15, 0.2) is 10.8 Å². The number of hydrazone groups is 1. The van der Waals surface area contributed by atoms with Crippen molar-refractivity contribution in [2.75, 3.05) is 11.9 Å². The first kappa shape index (κ1) is 31.1. The molecule has 1 heterocycles. The highest BCUT2D eigenvalue weighted by atomic mass is 32.1. The summed E-state index contributed by atoms with van der Waals surface area (Å²) in [5.41, 5.74) is -3.51. The summed E-state index contributed by atoms with van der Waals surface area (Å²) in [4.78, 5) is 39.6. The molecule has 0 aliphatic heterocycles. The molecule has 218 valence electrons. The number of hydrogen-bond acceptors (Lipinski definition) is 6. The van der Waals surface area contributed by atoms with Gasteiger partial charge in [-0.2, -0.15) is 44.6 Å². The zero-order chi connectivity index (χ0) is 30.8. The van der Waals surface area contributed by atoms with Crippen molar-refractivity contribution in [3.63, 3.8) is 0 Å². The van der Waals surface area contributed by atoms with Crippen molar-refractivity contribution in [1.82, 2.24) is 15.7 Å². The van der Waals surface area contributed by atoms with E-state index < -0.39 is 74.3 Å². The number of rotatable bonds is 5. The van der Waals surface area contributed by atoms with E-state index in [9.17, 15) is 53.9 Å². The average molecular weight is 611 g/mol. The Morgan fingerprint density at radius 3 is 2.15 bits per heavy atom. The van der Waals surface area contributed by atoms with E-state index in [-0.39, 0.29) is 11.3 Å². The van der Waals surface area contributed by atoms with Crippen LogP contribution < -0.4 is 15.6 Å². The van der Waals surface area contributed by atoms with Gasteiger partial charge in [0.25, 0.3) is 11.8 Å². The number of hydrogen-bond donors (Lipinski definition) is 2. The molecule has 0 aliphatic rings. The van der Waals surface area contributed by atoms with Crippen LogP contribution in [0.4, 0.5) is 49.4 Å². The molecule has 0 unspecified atom stereocenters. The van der Waals surface area contributed by atoms with Crippen LogP contribution in [0.25, 0.3) is 0 Å². The zero-order valence-electron chi connectivity index (χ0n) is 20.1. The van der Waals surface area contributed by atoms with E-state index in [0.29, 0.717) is 23.2 Å². The third kappa shape index (κ3) is 7.59. The topological polar surface area (TPSA) is 104 Å². The van der Waals surface area contributed by atoms with Crippen LogP contribution in [0.15, 0.2) is 53.6 Å². The highest BCUT2D eigenvalue weighted by molar-refractivity contribution is 7.17. The van der Waals surface area contributed by atoms with Crippen molar-refractivity contribution >= 4 is 40.5 Å². The Bertz CT molecular complexity index is 1500. The predicted molar refractivity (Wildman–Crippen MR) is 126 cm³/mol. The van der Waals surface area contributed by atoms with E-state index in [1.165, 1.54) is 6.07 Å². The minimum Gasteiger partial charge on any atom is -0.273 e. The number of carbonyl (C=O) groups is 3. The van der Waals surface area contributed by atoms with E-state index in [4.69, 9.17) is 0 Å². The summed E-state index contributed by atoms with van der Waals surface area (Å²) < 4.78 is 119. The van der Waals surface area contributed by atoms with Gasteiger partial charge in [0.2, 0.25) is 0 Å². The van der Waals surface area contributed by atoms with Gasteiger partial charge in [-0.05, 0) is 24.3 Å². The number of benzene rings is 2. The lowest BCUT2D eigenvalue weighted by molar-refractivity contribution is -0.141. The number of anilines is 1. The standard InChI is InChI=1S/C23H14F9N5O3S/c1-37(19(40)35-17(38)11-6-4-7-13(9-11)21(24,25)26)20-34-16(23(30,31)32)15(41-20)18(39)36-33-10-12-5-2-3-8-14(12)22(27,28)29/h2-10H,1H3,(H,36,39)(H,35,38,40)/b33-10+. The Morgan fingerprint density at radius 2 is 1.54 bits per heavy atom. The molecule has 18 heteroatoms. The zero-order valence-corrected chi connectivity index (χ0v) is 20.9. The van der Waals surface area contributed by atoms with Crippen LogP contribution in [0.2, 0.25) is 0 Å². The fourth-order valence-corrected chi connectivity index (χ4v) is 3.99. The first-order valence-corrected chi connectivity index (χ1v) is 11.5. The molecular formula is C23H14F9N5O3S. The maximum Gasteiger partial charge on any atom is 0.435 e. The molecule has 41 heavy (non-hydrogen) atoms. The van der Waals surface area contributed by atoms with Crippen LogP contribution >= 0.6 is 11.3 Å². The van der Waals surface area contributed by atoms with E-state index in [2.05, 4.69) is 10.1 Å². The Balaban J connectivity index is 1.80. The SMILES string of the molecule is CN(C(=O)NC(=O)c1cccc(C(F)(F)F)c1)c1nc(C(F)(F)F)c(C(=O)N/N=C/c2ccccc2C(F)(F)F)s1. The normalized spacial score (nSPS) is 12.3. The number of urea groups is 1. The van der Waals surface area contributed by atoms with Gasteiger partial charge in [0.1, 0.15) is 4.88 Å². The third-order valence-electron chi connectivity index (χ3n) is 4.99. The number of thiazole rings is 1. The first-order valence-electron chi connectivity index (χ1n) is 10.7. The lowest BCUT2D eigenvalue weighted by Gasteiger charge is -2.14. The van der Waals surface area contributed by atoms with E-state index in [1.807, 2.05) is 0 Å². The van der Waals surface area contributed by atoms with E-state index >= 15 is 0 Å². The summed E-state index contributed by atoms with van der Waals surface area (Å²) in [6.45, 7) is 0. The van der Waals surface area contributed by atoms with Gasteiger partial charge in [-0.3, -0.25) is 19.8 Å². The number of imide groups is 1. The number of aromatic nitrogens is 1. The minimum absolute atomic E-state index is 0.0213. The van der Waals surface area contributed by atoms with Gasteiger partial charge in [0.05, 0.1) is 17.3 Å². The highest BCUT2D eigenvalue weighted by Gasteiger charge is 2.41. The van der Waals surface area contributed by atoms with Gasteiger partial charge in [-0.1, -0.05) is 35.6 Å². The number of nitrogens with zero attached hydrogens (tertiary/aromatic N) is 3. The first-order chi connectivity index (χ1) is 18.9. The summed E-state index contributed by atoms with van der Waals surface area (Å²) in [5, 5.41) is 4.20. The molecular weight excluding hydrogens is 597 g/mol. The predicted octanol–water partition coefficient (Wildman–Crippen LogP) is 5.95. The smallest absolute Gasteiger partial charge is 0.273 e. The second kappa shape index (κ2) is 11.6. The summed E-state index contributed by atoms with van der Waals surface area (Å²) in [6.07, 6.45) is -14.3. The average Bonchev–Trinajstić information content (AvgIpc) is 3.34. The van der Waals surface area contributed by atoms with Crippen LogP contribution in [0.3, 0.4) is 0 Å². The summed E-state index contributed by atoms with van der Waals surface area (Å²) >= 11 is 0.0213. The molecule has 8 nitrogen and oxygen atoms in total. The molecule has 2 N–H and O–H groups in total. The summed E-state index contributed by atoms with van der Waals surface area (Å²) in [5.74, 6) is -2.84. The second-order valence-corrected chi connectivity index (χ2v) is 8.83. The van der Waals surface area contributed by atoms with Crippen LogP contribution in [0.5, 0.6) is 0 Å². The van der Waals surface area contributed by atoms with Crippen molar-refractivity contribution < 1.29 is 53.9 Å². The van der Waals surface area contributed by atoms with Crippen molar-refractivity contribution in [1.29, 1.82) is 0 Å². The molecule has 0 fully saturated rings. The molecule has 3 rings (SSSR count). The monoisotopic (exact) mass is 611 g/mol. The van der Waals surface area contributed by atoms with Gasteiger partial charge < -0.3 is 0 Å². The van der Waals surface area contributed by atoms with Gasteiger partial charge in [-0.25, -0.2) is 15.2 Å². The van der Waals surface area contributed by atoms with Gasteiger partial charge in [-0.15, -0.1) is 0 Å². The fourth-order valence-electron chi connectivity index (χ4n) is 3.05. The number of amides is 4. The highest BCUT2D eigenvalue weighted by Crippen LogP contribution is 2.37. The number of alkyl halides is 9. The lowest BCUT2D eigenvalue weighted by atomic mass is 10.1. The molecule has 0 radical (unpaired) electrons. The van der Waals surface area contributed by atoms with Crippen LogP contribution in [-0.2, 0) is 18.5 Å². The molecule has 4 amide bonds. The van der Waals surface area contributed by atoms with Crippen molar-refractivity contribution in [2.24, 2.45) is 5.10 Å². The maximum absolute atomic E-state index is 13.6. The molecule has 1 aromatic heterocycles. The Kier molecular flexibility index (Phi) is 8.75. The number of halogens is 9. The van der Waals surface area contributed by atoms with Gasteiger partial charge >= 0.3 is 24.6 Å². The van der Waals surface area contributed by atoms with Gasteiger partial charge in [0, 0.05) is 18.2 Å². The molecule has 0 saturated heterocycles. The molecule has 3 aromatic rings. The van der Waals surface area contributed by atoms with Crippen molar-refractivity contribution in [3.05, 3.63) is 81.4 Å². The Hall–Kier alpha value is -4.48. The largest absolute Gasteiger partial charge is 0.435 e.